The van der Waals surface area contributed by atoms with Gasteiger partial charge in [-0.05, 0) is 57.9 Å². The fourth-order valence-corrected chi connectivity index (χ4v) is 1.81. The molecule has 1 aromatic rings. The first kappa shape index (κ1) is 32.6. The molecular formula is C22H46FNO4S. The maximum Gasteiger partial charge on any atom is 0.209 e. The summed E-state index contributed by atoms with van der Waals surface area (Å²) in [6.07, 6.45) is 3.57. The molecule has 0 amide bonds. The molecule has 1 rings (SSSR count). The highest BCUT2D eigenvalue weighted by Crippen LogP contribution is 2.23. The van der Waals surface area contributed by atoms with Crippen molar-refractivity contribution in [2.75, 3.05) is 13.4 Å². The molecule has 5 nitrogen and oxygen atoms in total. The lowest BCUT2D eigenvalue weighted by Gasteiger charge is -2.35. The van der Waals surface area contributed by atoms with Crippen LogP contribution in [0.4, 0.5) is 4.39 Å². The molecule has 0 aromatic heterocycles. The highest BCUT2D eigenvalue weighted by Gasteiger charge is 2.34. The Balaban J connectivity index is -0.000000183. The third-order valence-electron chi connectivity index (χ3n) is 3.62. The van der Waals surface area contributed by atoms with Crippen molar-refractivity contribution < 1.29 is 24.1 Å². The fourth-order valence-electron chi connectivity index (χ4n) is 1.38. The van der Waals surface area contributed by atoms with Crippen molar-refractivity contribution in [2.24, 2.45) is 0 Å². The standard InChI is InChI=1S/C9H12FNO2S.C7H16O2.2C3H8.H2/c1-7-3-8(5-9(10)4-7)6-11-14(2,12)13;1-6(2,8)7(3,4)9-5;2*1-3-2;/h3-5,11H,6H2,1-2H3;8H,1-5H3;2*3H2,1-2H3;1H. The van der Waals surface area contributed by atoms with E-state index < -0.39 is 21.2 Å². The zero-order valence-corrected chi connectivity index (χ0v) is 21.1. The van der Waals surface area contributed by atoms with Crippen molar-refractivity contribution in [2.45, 2.75) is 92.9 Å². The number of ether oxygens (including phenoxy) is 1. The van der Waals surface area contributed by atoms with Crippen LogP contribution in [0.25, 0.3) is 0 Å². The summed E-state index contributed by atoms with van der Waals surface area (Å²) in [6, 6.07) is 4.44. The summed E-state index contributed by atoms with van der Waals surface area (Å²) < 4.78 is 41.8. The molecule has 0 fully saturated rings. The van der Waals surface area contributed by atoms with Crippen molar-refractivity contribution in [3.8, 4) is 0 Å². The number of aliphatic hydroxyl groups is 1. The van der Waals surface area contributed by atoms with Gasteiger partial charge in [0.1, 0.15) is 5.82 Å². The van der Waals surface area contributed by atoms with Gasteiger partial charge in [-0.3, -0.25) is 0 Å². The molecule has 0 aliphatic carbocycles. The van der Waals surface area contributed by atoms with E-state index in [-0.39, 0.29) is 13.8 Å². The Morgan fingerprint density at radius 2 is 1.48 bits per heavy atom. The van der Waals surface area contributed by atoms with Crippen LogP contribution in [-0.4, -0.2) is 38.1 Å². The summed E-state index contributed by atoms with van der Waals surface area (Å²) >= 11 is 0. The van der Waals surface area contributed by atoms with Crippen LogP contribution in [0.5, 0.6) is 0 Å². The van der Waals surface area contributed by atoms with Crippen LogP contribution in [0, 0.1) is 12.7 Å². The zero-order chi connectivity index (χ0) is 23.9. The third-order valence-corrected chi connectivity index (χ3v) is 4.29. The number of sulfonamides is 1. The maximum absolute atomic E-state index is 12.9. The van der Waals surface area contributed by atoms with E-state index in [0.717, 1.165) is 11.8 Å². The molecular weight excluding hydrogens is 393 g/mol. The van der Waals surface area contributed by atoms with Gasteiger partial charge in [-0.25, -0.2) is 17.5 Å². The van der Waals surface area contributed by atoms with E-state index in [0.29, 0.717) is 5.56 Å². The van der Waals surface area contributed by atoms with Crippen LogP contribution >= 0.6 is 0 Å². The van der Waals surface area contributed by atoms with Gasteiger partial charge >= 0.3 is 0 Å². The minimum atomic E-state index is -3.22. The Morgan fingerprint density at radius 1 is 1.07 bits per heavy atom. The van der Waals surface area contributed by atoms with Crippen LogP contribution in [0.1, 0.15) is 80.8 Å². The van der Waals surface area contributed by atoms with Gasteiger partial charge in [0.05, 0.1) is 17.5 Å². The van der Waals surface area contributed by atoms with Gasteiger partial charge in [-0.15, -0.1) is 0 Å². The number of hydrogen-bond acceptors (Lipinski definition) is 4. The van der Waals surface area contributed by atoms with E-state index in [1.165, 1.54) is 25.0 Å². The van der Waals surface area contributed by atoms with Gasteiger partial charge in [-0.1, -0.05) is 46.6 Å². The monoisotopic (exact) mass is 439 g/mol. The number of aryl methyl sites for hydroxylation is 1. The van der Waals surface area contributed by atoms with E-state index in [2.05, 4.69) is 32.4 Å². The summed E-state index contributed by atoms with van der Waals surface area (Å²) in [4.78, 5) is 0. The smallest absolute Gasteiger partial charge is 0.209 e. The van der Waals surface area contributed by atoms with Crippen LogP contribution in [0.15, 0.2) is 18.2 Å². The SMILES string of the molecule is CCC.CCC.COC(C)(C)C(C)(C)O.Cc1cc(F)cc(CNS(C)(=O)=O)c1.[HH]. The Kier molecular flexibility index (Phi) is 17.8. The molecule has 1 aromatic carbocycles. The summed E-state index contributed by atoms with van der Waals surface area (Å²) in [6.45, 7) is 17.6. The van der Waals surface area contributed by atoms with Crippen molar-refractivity contribution in [1.29, 1.82) is 0 Å². The molecule has 0 saturated heterocycles. The van der Waals surface area contributed by atoms with E-state index in [4.69, 9.17) is 4.74 Å². The van der Waals surface area contributed by atoms with Crippen LogP contribution in [0.2, 0.25) is 0 Å². The number of halogens is 1. The molecule has 0 unspecified atom stereocenters. The Labute approximate surface area is 180 Å². The Bertz CT molecular complexity index is 623. The van der Waals surface area contributed by atoms with Gasteiger partial charge in [-0.2, -0.15) is 0 Å². The highest BCUT2D eigenvalue weighted by molar-refractivity contribution is 7.88. The van der Waals surface area contributed by atoms with Gasteiger partial charge in [0, 0.05) is 15.1 Å². The molecule has 0 bridgehead atoms. The quantitative estimate of drug-likeness (QED) is 0.640. The molecule has 0 atom stereocenters. The topological polar surface area (TPSA) is 75.6 Å². The molecule has 0 heterocycles. The highest BCUT2D eigenvalue weighted by atomic mass is 32.2. The first-order valence-electron chi connectivity index (χ1n) is 9.99. The van der Waals surface area contributed by atoms with Crippen LogP contribution < -0.4 is 4.72 Å². The fraction of sp³-hybridized carbons (Fsp3) is 0.727. The van der Waals surface area contributed by atoms with Crippen LogP contribution in [-0.2, 0) is 21.3 Å². The van der Waals surface area contributed by atoms with Gasteiger partial charge in [0.25, 0.3) is 0 Å². The number of rotatable bonds is 5. The molecule has 0 aliphatic rings. The number of hydrogen-bond donors (Lipinski definition) is 2. The second-order valence-electron chi connectivity index (χ2n) is 7.92. The first-order chi connectivity index (χ1) is 13.0. The Morgan fingerprint density at radius 3 is 1.72 bits per heavy atom. The van der Waals surface area contributed by atoms with Gasteiger partial charge in [0.2, 0.25) is 10.0 Å². The van der Waals surface area contributed by atoms with Gasteiger partial charge < -0.3 is 9.84 Å². The molecule has 0 saturated carbocycles. The second kappa shape index (κ2) is 15.8. The minimum Gasteiger partial charge on any atom is -0.387 e. The first-order valence-corrected chi connectivity index (χ1v) is 11.9. The average molecular weight is 440 g/mol. The molecule has 0 aliphatic heterocycles. The predicted molar refractivity (Wildman–Crippen MR) is 124 cm³/mol. The van der Waals surface area contributed by atoms with Crippen molar-refractivity contribution in [3.63, 3.8) is 0 Å². The van der Waals surface area contributed by atoms with E-state index in [1.807, 2.05) is 13.8 Å². The number of methoxy groups -OCH3 is 1. The second-order valence-corrected chi connectivity index (χ2v) is 9.75. The third kappa shape index (κ3) is 20.0. The number of nitrogens with one attached hydrogen (secondary N) is 1. The molecule has 2 N–H and O–H groups in total. The summed E-state index contributed by atoms with van der Waals surface area (Å²) in [5, 5.41) is 9.42. The Hall–Kier alpha value is -1.02. The molecule has 29 heavy (non-hydrogen) atoms. The maximum atomic E-state index is 12.9. The molecule has 7 heteroatoms. The summed E-state index contributed by atoms with van der Waals surface area (Å²) in [5.41, 5.74) is 0.151. The lowest BCUT2D eigenvalue weighted by molar-refractivity contribution is -0.129. The zero-order valence-electron chi connectivity index (χ0n) is 20.3. The van der Waals surface area contributed by atoms with Crippen molar-refractivity contribution >= 4 is 10.0 Å². The molecule has 0 radical (unpaired) electrons. The average Bonchev–Trinajstić information content (AvgIpc) is 2.52. The van der Waals surface area contributed by atoms with E-state index in [1.54, 1.807) is 33.9 Å². The molecule has 176 valence electrons. The normalized spacial score (nSPS) is 11.2. The van der Waals surface area contributed by atoms with E-state index in [9.17, 15) is 17.9 Å². The lowest BCUT2D eigenvalue weighted by atomic mass is 9.90. The van der Waals surface area contributed by atoms with Crippen molar-refractivity contribution in [1.82, 2.24) is 4.72 Å². The van der Waals surface area contributed by atoms with Crippen LogP contribution in [0.3, 0.4) is 0 Å². The van der Waals surface area contributed by atoms with E-state index >= 15 is 0 Å². The largest absolute Gasteiger partial charge is 0.387 e. The summed E-state index contributed by atoms with van der Waals surface area (Å²) in [5.74, 6) is -0.352. The number of benzene rings is 1. The minimum absolute atomic E-state index is 0. The summed E-state index contributed by atoms with van der Waals surface area (Å²) in [7, 11) is -1.63. The lowest BCUT2D eigenvalue weighted by Crippen LogP contribution is -2.46. The van der Waals surface area contributed by atoms with Crippen molar-refractivity contribution in [3.05, 3.63) is 35.1 Å². The molecule has 0 spiro atoms. The van der Waals surface area contributed by atoms with Gasteiger partial charge in [0.15, 0.2) is 0 Å². The predicted octanol–water partition coefficient (Wildman–Crippen LogP) is 5.44.